The minimum Gasteiger partial charge on any atom is -0.478 e. The Labute approximate surface area is 134 Å². The van der Waals surface area contributed by atoms with Crippen LogP contribution in [-0.2, 0) is 6.42 Å². The van der Waals surface area contributed by atoms with Gasteiger partial charge in [0, 0.05) is 12.1 Å². The van der Waals surface area contributed by atoms with Gasteiger partial charge in [0.15, 0.2) is 5.76 Å². The number of carbonyl (C=O) groups is 2. The molecule has 0 radical (unpaired) electrons. The monoisotopic (exact) mass is 313 g/mol. The van der Waals surface area contributed by atoms with Gasteiger partial charge in [0.25, 0.3) is 5.91 Å². The van der Waals surface area contributed by atoms with Gasteiger partial charge in [-0.25, -0.2) is 4.79 Å². The zero-order valence-electron chi connectivity index (χ0n) is 12.7. The molecule has 1 aliphatic carbocycles. The molecule has 1 aromatic carbocycles. The summed E-state index contributed by atoms with van der Waals surface area (Å²) < 4.78 is 5.03. The second-order valence-corrected chi connectivity index (χ2v) is 6.04. The van der Waals surface area contributed by atoms with Gasteiger partial charge in [0.1, 0.15) is 6.26 Å². The first kappa shape index (κ1) is 15.3. The van der Waals surface area contributed by atoms with E-state index in [9.17, 15) is 9.59 Å². The molecule has 1 heterocycles. The molecule has 1 aromatic heterocycles. The Morgan fingerprint density at radius 3 is 2.70 bits per heavy atom. The summed E-state index contributed by atoms with van der Waals surface area (Å²) in [6, 6.07) is 11.7. The minimum absolute atomic E-state index is 0.0106. The van der Waals surface area contributed by atoms with E-state index in [1.807, 2.05) is 18.2 Å². The quantitative estimate of drug-likeness (QED) is 0.889. The summed E-state index contributed by atoms with van der Waals surface area (Å²) in [4.78, 5) is 22.9. The van der Waals surface area contributed by atoms with Gasteiger partial charge < -0.3 is 14.8 Å². The molecule has 1 aliphatic rings. The minimum atomic E-state index is -1.10. The highest BCUT2D eigenvalue weighted by atomic mass is 16.4. The summed E-state index contributed by atoms with van der Waals surface area (Å²) >= 11 is 0. The van der Waals surface area contributed by atoms with Gasteiger partial charge in [0.05, 0.1) is 5.56 Å². The third-order valence-corrected chi connectivity index (χ3v) is 4.31. The number of carbonyl (C=O) groups excluding carboxylic acids is 1. The first-order valence-corrected chi connectivity index (χ1v) is 7.78. The number of amides is 1. The number of aromatic carboxylic acids is 1. The number of hydrogen-bond acceptors (Lipinski definition) is 3. The van der Waals surface area contributed by atoms with Crippen molar-refractivity contribution >= 4 is 11.9 Å². The lowest BCUT2D eigenvalue weighted by Gasteiger charge is -2.12. The van der Waals surface area contributed by atoms with Crippen molar-refractivity contribution in [1.29, 1.82) is 0 Å². The Balaban J connectivity index is 1.53. The van der Waals surface area contributed by atoms with Gasteiger partial charge >= 0.3 is 5.97 Å². The largest absolute Gasteiger partial charge is 0.478 e. The summed E-state index contributed by atoms with van der Waals surface area (Å²) in [6.07, 6.45) is 5.07. The summed E-state index contributed by atoms with van der Waals surface area (Å²) in [5.74, 6) is -0.831. The van der Waals surface area contributed by atoms with E-state index >= 15 is 0 Å². The highest BCUT2D eigenvalue weighted by Crippen LogP contribution is 2.29. The van der Waals surface area contributed by atoms with Gasteiger partial charge in [-0.1, -0.05) is 30.3 Å². The maximum Gasteiger partial charge on any atom is 0.338 e. The number of furan rings is 1. The Kier molecular flexibility index (Phi) is 4.46. The molecule has 1 fully saturated rings. The van der Waals surface area contributed by atoms with E-state index in [2.05, 4.69) is 17.4 Å². The Morgan fingerprint density at radius 2 is 2.00 bits per heavy atom. The third-order valence-electron chi connectivity index (χ3n) is 4.31. The number of carboxylic acids is 1. The predicted octanol–water partition coefficient (Wildman–Crippen LogP) is 3.12. The number of benzene rings is 1. The van der Waals surface area contributed by atoms with Crippen LogP contribution in [0.2, 0.25) is 0 Å². The summed E-state index contributed by atoms with van der Waals surface area (Å²) in [5.41, 5.74) is 1.31. The van der Waals surface area contributed by atoms with Crippen molar-refractivity contribution in [1.82, 2.24) is 5.32 Å². The molecular formula is C18H19NO4. The van der Waals surface area contributed by atoms with Crippen LogP contribution in [0.4, 0.5) is 0 Å². The predicted molar refractivity (Wildman–Crippen MR) is 84.4 cm³/mol. The summed E-state index contributed by atoms with van der Waals surface area (Å²) in [5, 5.41) is 11.8. The van der Waals surface area contributed by atoms with Gasteiger partial charge in [-0.15, -0.1) is 0 Å². The molecule has 5 heteroatoms. The molecule has 23 heavy (non-hydrogen) atoms. The maximum atomic E-state index is 12.1. The molecule has 0 bridgehead atoms. The van der Waals surface area contributed by atoms with Crippen molar-refractivity contribution in [2.75, 3.05) is 0 Å². The molecule has 2 atom stereocenters. The van der Waals surface area contributed by atoms with Crippen LogP contribution in [-0.4, -0.2) is 23.0 Å². The van der Waals surface area contributed by atoms with Crippen LogP contribution >= 0.6 is 0 Å². The van der Waals surface area contributed by atoms with E-state index in [0.717, 1.165) is 31.9 Å². The van der Waals surface area contributed by atoms with Crippen LogP contribution in [0.1, 0.15) is 45.7 Å². The molecule has 0 spiro atoms. The standard InChI is InChI=1S/C18H19NO4/c20-17(16-10-14(11-23-16)18(21)22)19-15-7-6-13(9-15)8-12-4-2-1-3-5-12/h1-5,10-11,13,15H,6-9H2,(H,19,20)(H,21,22). The lowest BCUT2D eigenvalue weighted by atomic mass is 9.98. The average Bonchev–Trinajstić information content (AvgIpc) is 3.18. The van der Waals surface area contributed by atoms with E-state index in [-0.39, 0.29) is 23.3 Å². The van der Waals surface area contributed by atoms with Gasteiger partial charge in [0.2, 0.25) is 0 Å². The summed E-state index contributed by atoms with van der Waals surface area (Å²) in [7, 11) is 0. The maximum absolute atomic E-state index is 12.1. The SMILES string of the molecule is O=C(O)c1coc(C(=O)NC2CCC(Cc3ccccc3)C2)c1. The van der Waals surface area contributed by atoms with Crippen LogP contribution in [0.25, 0.3) is 0 Å². The normalized spacial score (nSPS) is 20.3. The van der Waals surface area contributed by atoms with Crippen molar-refractivity contribution in [2.45, 2.75) is 31.7 Å². The van der Waals surface area contributed by atoms with Gasteiger partial charge in [-0.05, 0) is 37.2 Å². The Hall–Kier alpha value is -2.56. The first-order chi connectivity index (χ1) is 11.1. The molecule has 3 rings (SSSR count). The van der Waals surface area contributed by atoms with Crippen LogP contribution in [0.5, 0.6) is 0 Å². The second-order valence-electron chi connectivity index (χ2n) is 6.04. The zero-order chi connectivity index (χ0) is 16.2. The number of rotatable bonds is 5. The van der Waals surface area contributed by atoms with Crippen molar-refractivity contribution in [3.8, 4) is 0 Å². The molecule has 1 amide bonds. The summed E-state index contributed by atoms with van der Waals surface area (Å²) in [6.45, 7) is 0. The van der Waals surface area contributed by atoms with E-state index in [4.69, 9.17) is 9.52 Å². The third kappa shape index (κ3) is 3.80. The Bertz CT molecular complexity index is 692. The fourth-order valence-electron chi connectivity index (χ4n) is 3.16. The van der Waals surface area contributed by atoms with E-state index in [0.29, 0.717) is 5.92 Å². The van der Waals surface area contributed by atoms with Crippen molar-refractivity contribution < 1.29 is 19.1 Å². The smallest absolute Gasteiger partial charge is 0.338 e. The Morgan fingerprint density at radius 1 is 1.22 bits per heavy atom. The zero-order valence-corrected chi connectivity index (χ0v) is 12.7. The fraction of sp³-hybridized carbons (Fsp3) is 0.333. The molecule has 2 N–H and O–H groups in total. The number of carboxylic acid groups (broad SMARTS) is 1. The van der Waals surface area contributed by atoms with Gasteiger partial charge in [-0.3, -0.25) is 4.79 Å². The lowest BCUT2D eigenvalue weighted by Crippen LogP contribution is -2.32. The van der Waals surface area contributed by atoms with E-state index < -0.39 is 5.97 Å². The van der Waals surface area contributed by atoms with Crippen LogP contribution in [0.3, 0.4) is 0 Å². The van der Waals surface area contributed by atoms with Gasteiger partial charge in [-0.2, -0.15) is 0 Å². The average molecular weight is 313 g/mol. The van der Waals surface area contributed by atoms with Crippen molar-refractivity contribution in [3.63, 3.8) is 0 Å². The number of nitrogens with one attached hydrogen (secondary N) is 1. The molecule has 5 nitrogen and oxygen atoms in total. The van der Waals surface area contributed by atoms with E-state index in [1.54, 1.807) is 0 Å². The van der Waals surface area contributed by atoms with Crippen molar-refractivity contribution in [3.05, 3.63) is 59.5 Å². The van der Waals surface area contributed by atoms with Crippen molar-refractivity contribution in [2.24, 2.45) is 5.92 Å². The molecule has 120 valence electrons. The molecule has 1 saturated carbocycles. The second kappa shape index (κ2) is 6.69. The van der Waals surface area contributed by atoms with Crippen LogP contribution < -0.4 is 5.32 Å². The molecular weight excluding hydrogens is 294 g/mol. The van der Waals surface area contributed by atoms with Crippen LogP contribution in [0.15, 0.2) is 47.1 Å². The lowest BCUT2D eigenvalue weighted by molar-refractivity contribution is 0.0695. The molecule has 0 aliphatic heterocycles. The highest BCUT2D eigenvalue weighted by molar-refractivity contribution is 5.95. The fourth-order valence-corrected chi connectivity index (χ4v) is 3.16. The molecule has 2 aromatic rings. The molecule has 0 saturated heterocycles. The molecule has 2 unspecified atom stereocenters. The first-order valence-electron chi connectivity index (χ1n) is 7.78. The topological polar surface area (TPSA) is 79.5 Å². The van der Waals surface area contributed by atoms with E-state index in [1.165, 1.54) is 11.6 Å². The highest BCUT2D eigenvalue weighted by Gasteiger charge is 2.27. The number of hydrogen-bond donors (Lipinski definition) is 2. The van der Waals surface area contributed by atoms with Crippen LogP contribution in [0, 0.1) is 5.92 Å².